The Balaban J connectivity index is 1.38. The van der Waals surface area contributed by atoms with Gasteiger partial charge in [-0.15, -0.1) is 0 Å². The average molecular weight is 435 g/mol. The van der Waals surface area contributed by atoms with E-state index in [0.717, 1.165) is 17.2 Å². The summed E-state index contributed by atoms with van der Waals surface area (Å²) >= 11 is 6.15. The molecule has 0 spiro atoms. The predicted molar refractivity (Wildman–Crippen MR) is 124 cm³/mol. The maximum atomic E-state index is 12.6. The monoisotopic (exact) mass is 434 g/mol. The number of nitrogens with one attached hydrogen (secondary N) is 1. The van der Waals surface area contributed by atoms with Crippen molar-refractivity contribution < 1.29 is 4.79 Å². The molecule has 4 rings (SSSR count). The molecule has 3 heterocycles. The molecule has 3 aromatic rings. The third-order valence-corrected chi connectivity index (χ3v) is 5.32. The minimum absolute atomic E-state index is 0.0176. The summed E-state index contributed by atoms with van der Waals surface area (Å²) in [6, 6.07) is 15.0. The molecule has 1 aliphatic rings. The van der Waals surface area contributed by atoms with Crippen LogP contribution in [0.25, 0.3) is 6.08 Å². The molecule has 2 aromatic heterocycles. The summed E-state index contributed by atoms with van der Waals surface area (Å²) in [6.07, 6.45) is 5.08. The second-order valence-electron chi connectivity index (χ2n) is 7.17. The molecule has 0 atom stereocenters. The van der Waals surface area contributed by atoms with E-state index in [2.05, 4.69) is 25.2 Å². The Morgan fingerprint density at radius 2 is 1.81 bits per heavy atom. The van der Waals surface area contributed by atoms with Crippen LogP contribution in [0.3, 0.4) is 0 Å². The number of rotatable bonds is 5. The SMILES string of the molecule is Cc1nc(Nc2ccccn2)cc(N2CCN(C(=O)/C=C/c3ccccc3Cl)CC2)n1. The van der Waals surface area contributed by atoms with Gasteiger partial charge in [0, 0.05) is 49.5 Å². The van der Waals surface area contributed by atoms with Gasteiger partial charge in [-0.2, -0.15) is 0 Å². The van der Waals surface area contributed by atoms with Gasteiger partial charge in [-0.3, -0.25) is 4.79 Å². The fraction of sp³-hybridized carbons (Fsp3) is 0.217. The number of piperazine rings is 1. The molecule has 1 saturated heterocycles. The molecular weight excluding hydrogens is 412 g/mol. The Bertz CT molecular complexity index is 1080. The van der Waals surface area contributed by atoms with Crippen molar-refractivity contribution in [2.24, 2.45) is 0 Å². The van der Waals surface area contributed by atoms with E-state index in [1.165, 1.54) is 0 Å². The topological polar surface area (TPSA) is 74.2 Å². The molecule has 1 aliphatic heterocycles. The van der Waals surface area contributed by atoms with Crippen LogP contribution < -0.4 is 10.2 Å². The summed E-state index contributed by atoms with van der Waals surface area (Å²) in [6.45, 7) is 4.51. The van der Waals surface area contributed by atoms with E-state index in [9.17, 15) is 4.79 Å². The zero-order valence-electron chi connectivity index (χ0n) is 17.2. The fourth-order valence-corrected chi connectivity index (χ4v) is 3.58. The van der Waals surface area contributed by atoms with Crippen LogP contribution in [0.4, 0.5) is 17.5 Å². The zero-order valence-corrected chi connectivity index (χ0v) is 18.0. The van der Waals surface area contributed by atoms with Gasteiger partial charge >= 0.3 is 0 Å². The first-order chi connectivity index (χ1) is 15.1. The van der Waals surface area contributed by atoms with Gasteiger partial charge in [0.25, 0.3) is 0 Å². The maximum absolute atomic E-state index is 12.6. The third kappa shape index (κ3) is 5.38. The van der Waals surface area contributed by atoms with Gasteiger partial charge < -0.3 is 15.1 Å². The van der Waals surface area contributed by atoms with Crippen molar-refractivity contribution >= 4 is 41.0 Å². The molecule has 7 nitrogen and oxygen atoms in total. The first-order valence-electron chi connectivity index (χ1n) is 10.1. The van der Waals surface area contributed by atoms with E-state index in [4.69, 9.17) is 11.6 Å². The third-order valence-electron chi connectivity index (χ3n) is 4.97. The molecule has 158 valence electrons. The second-order valence-corrected chi connectivity index (χ2v) is 7.57. The van der Waals surface area contributed by atoms with Gasteiger partial charge in [-0.1, -0.05) is 35.9 Å². The highest BCUT2D eigenvalue weighted by Gasteiger charge is 2.21. The van der Waals surface area contributed by atoms with E-state index in [-0.39, 0.29) is 5.91 Å². The number of anilines is 3. The summed E-state index contributed by atoms with van der Waals surface area (Å²) in [5.74, 6) is 2.92. The van der Waals surface area contributed by atoms with Crippen LogP contribution in [0, 0.1) is 6.92 Å². The van der Waals surface area contributed by atoms with E-state index >= 15 is 0 Å². The van der Waals surface area contributed by atoms with Gasteiger partial charge in [0.1, 0.15) is 23.3 Å². The molecule has 1 N–H and O–H groups in total. The zero-order chi connectivity index (χ0) is 21.6. The molecule has 0 bridgehead atoms. The van der Waals surface area contributed by atoms with Gasteiger partial charge in [0.15, 0.2) is 0 Å². The van der Waals surface area contributed by atoms with E-state index in [0.29, 0.717) is 42.8 Å². The Kier molecular flexibility index (Phi) is 6.43. The molecule has 1 amide bonds. The van der Waals surface area contributed by atoms with Crippen molar-refractivity contribution in [1.29, 1.82) is 0 Å². The Morgan fingerprint density at radius 3 is 2.55 bits per heavy atom. The van der Waals surface area contributed by atoms with Crippen LogP contribution in [0.15, 0.2) is 60.8 Å². The lowest BCUT2D eigenvalue weighted by atomic mass is 10.2. The Labute approximate surface area is 186 Å². The van der Waals surface area contributed by atoms with Gasteiger partial charge in [0.2, 0.25) is 5.91 Å². The van der Waals surface area contributed by atoms with Crippen LogP contribution in [0.1, 0.15) is 11.4 Å². The first-order valence-corrected chi connectivity index (χ1v) is 10.5. The molecule has 0 saturated carbocycles. The van der Waals surface area contributed by atoms with Gasteiger partial charge in [0.05, 0.1) is 0 Å². The summed E-state index contributed by atoms with van der Waals surface area (Å²) in [7, 11) is 0. The maximum Gasteiger partial charge on any atom is 0.246 e. The van der Waals surface area contributed by atoms with Crippen LogP contribution in [0.5, 0.6) is 0 Å². The molecular formula is C23H23ClN6O. The Morgan fingerprint density at radius 1 is 1.03 bits per heavy atom. The van der Waals surface area contributed by atoms with E-state index in [1.807, 2.05) is 60.4 Å². The number of halogens is 1. The molecule has 1 fully saturated rings. The summed E-state index contributed by atoms with van der Waals surface area (Å²) in [5.41, 5.74) is 0.834. The number of benzene rings is 1. The minimum Gasteiger partial charge on any atom is -0.353 e. The normalized spacial score (nSPS) is 14.1. The number of hydrogen-bond donors (Lipinski definition) is 1. The predicted octanol–water partition coefficient (Wildman–Crippen LogP) is 3.94. The lowest BCUT2D eigenvalue weighted by Crippen LogP contribution is -2.48. The first kappa shape index (κ1) is 20.8. The highest BCUT2D eigenvalue weighted by molar-refractivity contribution is 6.32. The van der Waals surface area contributed by atoms with E-state index < -0.39 is 0 Å². The van der Waals surface area contributed by atoms with Crippen LogP contribution >= 0.6 is 11.6 Å². The number of amides is 1. The molecule has 0 aliphatic carbocycles. The number of pyridine rings is 1. The molecule has 0 radical (unpaired) electrons. The molecule has 31 heavy (non-hydrogen) atoms. The molecule has 1 aromatic carbocycles. The molecule has 0 unspecified atom stereocenters. The van der Waals surface area contributed by atoms with Crippen LogP contribution in [-0.4, -0.2) is 51.9 Å². The molecule has 8 heteroatoms. The number of aryl methyl sites for hydroxylation is 1. The van der Waals surface area contributed by atoms with Crippen molar-refractivity contribution in [1.82, 2.24) is 19.9 Å². The van der Waals surface area contributed by atoms with Crippen molar-refractivity contribution in [3.63, 3.8) is 0 Å². The van der Waals surface area contributed by atoms with Crippen molar-refractivity contribution in [3.8, 4) is 0 Å². The van der Waals surface area contributed by atoms with Gasteiger partial charge in [-0.05, 0) is 36.8 Å². The largest absolute Gasteiger partial charge is 0.353 e. The number of hydrogen-bond acceptors (Lipinski definition) is 6. The second kappa shape index (κ2) is 9.57. The number of aromatic nitrogens is 3. The number of carbonyl (C=O) groups excluding carboxylic acids is 1. The average Bonchev–Trinajstić information content (AvgIpc) is 2.79. The highest BCUT2D eigenvalue weighted by atomic mass is 35.5. The number of nitrogens with zero attached hydrogens (tertiary/aromatic N) is 5. The standard InChI is InChI=1S/C23H23ClN6O/c1-17-26-21(28-20-8-4-5-11-25-20)16-22(27-17)29-12-14-30(15-13-29)23(31)10-9-18-6-2-3-7-19(18)24/h2-11,16H,12-15H2,1H3,(H,25,26,27,28)/b10-9+. The minimum atomic E-state index is -0.0176. The van der Waals surface area contributed by atoms with E-state index in [1.54, 1.807) is 18.3 Å². The lowest BCUT2D eigenvalue weighted by molar-refractivity contribution is -0.126. The quantitative estimate of drug-likeness (QED) is 0.613. The van der Waals surface area contributed by atoms with Crippen molar-refractivity contribution in [2.75, 3.05) is 36.4 Å². The Hall–Kier alpha value is -3.45. The lowest BCUT2D eigenvalue weighted by Gasteiger charge is -2.35. The summed E-state index contributed by atoms with van der Waals surface area (Å²) < 4.78 is 0. The highest BCUT2D eigenvalue weighted by Crippen LogP contribution is 2.21. The summed E-state index contributed by atoms with van der Waals surface area (Å²) in [5, 5.41) is 3.84. The summed E-state index contributed by atoms with van der Waals surface area (Å²) in [4.78, 5) is 29.9. The van der Waals surface area contributed by atoms with Crippen molar-refractivity contribution in [3.05, 3.63) is 77.2 Å². The smallest absolute Gasteiger partial charge is 0.246 e. The fourth-order valence-electron chi connectivity index (χ4n) is 3.38. The van der Waals surface area contributed by atoms with Crippen molar-refractivity contribution in [2.45, 2.75) is 6.92 Å². The number of carbonyl (C=O) groups is 1. The van der Waals surface area contributed by atoms with Gasteiger partial charge in [-0.25, -0.2) is 15.0 Å². The van der Waals surface area contributed by atoms with Crippen LogP contribution in [-0.2, 0) is 4.79 Å². The van der Waals surface area contributed by atoms with Crippen LogP contribution in [0.2, 0.25) is 5.02 Å².